The molecule has 3 N–H and O–H groups in total. The fourth-order valence-corrected chi connectivity index (χ4v) is 6.78. The van der Waals surface area contributed by atoms with Crippen LogP contribution in [0.25, 0.3) is 0 Å². The summed E-state index contributed by atoms with van der Waals surface area (Å²) < 4.78 is 5.31. The number of methoxy groups -OCH3 is 1. The number of benzene rings is 1. The van der Waals surface area contributed by atoms with E-state index in [9.17, 15) is 9.59 Å². The fourth-order valence-electron chi connectivity index (χ4n) is 6.53. The summed E-state index contributed by atoms with van der Waals surface area (Å²) >= 11 is 5.60. The third-order valence-electron chi connectivity index (χ3n) is 8.82. The largest absolute Gasteiger partial charge is 0.497 e. The van der Waals surface area contributed by atoms with E-state index in [-0.39, 0.29) is 11.3 Å². The second-order valence-corrected chi connectivity index (χ2v) is 11.7. The molecule has 0 bridgehead atoms. The van der Waals surface area contributed by atoms with Gasteiger partial charge in [-0.1, -0.05) is 38.3 Å². The Hall–Kier alpha value is -2.94. The monoisotopic (exact) mass is 567 g/mol. The zero-order valence-corrected chi connectivity index (χ0v) is 24.9. The number of aromatic nitrogens is 2. The van der Waals surface area contributed by atoms with Crippen LogP contribution in [0.3, 0.4) is 0 Å². The van der Waals surface area contributed by atoms with Crippen LogP contribution in [0.4, 0.5) is 0 Å². The van der Waals surface area contributed by atoms with Crippen molar-refractivity contribution in [1.82, 2.24) is 25.5 Å². The number of rotatable bonds is 12. The predicted octanol–water partition coefficient (Wildman–Crippen LogP) is 4.59. The summed E-state index contributed by atoms with van der Waals surface area (Å²) in [6, 6.07) is 7.30. The normalized spacial score (nSPS) is 18.1. The molecule has 1 aliphatic heterocycles. The van der Waals surface area contributed by atoms with Crippen LogP contribution in [0.1, 0.15) is 76.0 Å². The number of hydrogen-bond donors (Lipinski definition) is 3. The van der Waals surface area contributed by atoms with Crippen molar-refractivity contribution in [3.8, 4) is 5.75 Å². The van der Waals surface area contributed by atoms with Crippen LogP contribution >= 0.6 is 12.2 Å². The molecule has 1 saturated heterocycles. The Balaban J connectivity index is 1.43. The van der Waals surface area contributed by atoms with Crippen molar-refractivity contribution in [2.45, 2.75) is 83.6 Å². The van der Waals surface area contributed by atoms with Crippen LogP contribution < -0.4 is 15.4 Å². The molecule has 8 nitrogen and oxygen atoms in total. The number of carbonyl (C=O) groups is 2. The van der Waals surface area contributed by atoms with E-state index in [0.29, 0.717) is 49.3 Å². The van der Waals surface area contributed by atoms with Crippen molar-refractivity contribution in [2.75, 3.05) is 26.7 Å². The molecule has 9 heteroatoms. The van der Waals surface area contributed by atoms with Gasteiger partial charge in [0.25, 0.3) is 0 Å². The second-order valence-electron chi connectivity index (χ2n) is 11.3. The zero-order chi connectivity index (χ0) is 28.4. The first-order valence-corrected chi connectivity index (χ1v) is 15.3. The van der Waals surface area contributed by atoms with Gasteiger partial charge in [-0.3, -0.25) is 9.59 Å². The number of H-pyrrole nitrogens is 1. The first kappa shape index (κ1) is 30.0. The number of aromatic amines is 1. The Kier molecular flexibility index (Phi) is 11.0. The molecular formula is C31H45N5O3S. The molecule has 1 aromatic heterocycles. The molecule has 0 radical (unpaired) electrons. The van der Waals surface area contributed by atoms with E-state index in [4.69, 9.17) is 17.0 Å². The Morgan fingerprint density at radius 3 is 2.52 bits per heavy atom. The van der Waals surface area contributed by atoms with Crippen molar-refractivity contribution in [3.63, 3.8) is 0 Å². The van der Waals surface area contributed by atoms with Crippen molar-refractivity contribution >= 4 is 29.0 Å². The molecule has 4 rings (SSSR count). The molecule has 1 amide bonds. The Labute approximate surface area is 244 Å². The molecule has 2 aromatic rings. The maximum Gasteiger partial charge on any atom is 0.245 e. The van der Waals surface area contributed by atoms with E-state index in [1.807, 2.05) is 29.2 Å². The van der Waals surface area contributed by atoms with E-state index in [0.717, 1.165) is 55.5 Å². The van der Waals surface area contributed by atoms with Crippen LogP contribution in [0.15, 0.2) is 36.8 Å². The van der Waals surface area contributed by atoms with E-state index in [2.05, 4.69) is 27.5 Å². The van der Waals surface area contributed by atoms with Gasteiger partial charge in [0.05, 0.1) is 13.4 Å². The van der Waals surface area contributed by atoms with Gasteiger partial charge in [0.15, 0.2) is 5.11 Å². The van der Waals surface area contributed by atoms with Gasteiger partial charge in [-0.05, 0) is 67.9 Å². The second kappa shape index (κ2) is 14.6. The summed E-state index contributed by atoms with van der Waals surface area (Å²) in [4.78, 5) is 36.6. The molecule has 1 unspecified atom stereocenters. The van der Waals surface area contributed by atoms with Crippen LogP contribution in [-0.2, 0) is 22.4 Å². The standard InChI is InChI=1S/C31H45N5O3S/c1-3-7-28(37)31(24-8-5-4-6-9-24)15-18-36(19-16-31)29(38)27(20-23-10-12-26(39-2)13-11-23)35-30(40)33-17-14-25-21-32-22-34-25/h10-13,21-22,24,27H,3-9,14-20H2,1-2H3,(H,32,34)(H2,33,35,40). The van der Waals surface area contributed by atoms with Crippen molar-refractivity contribution in [1.29, 1.82) is 0 Å². The summed E-state index contributed by atoms with van der Waals surface area (Å²) in [5, 5.41) is 7.00. The van der Waals surface area contributed by atoms with Crippen LogP contribution in [0.5, 0.6) is 5.75 Å². The number of nitrogens with one attached hydrogen (secondary N) is 3. The Morgan fingerprint density at radius 2 is 1.90 bits per heavy atom. The highest BCUT2D eigenvalue weighted by Crippen LogP contribution is 2.47. The fraction of sp³-hybridized carbons (Fsp3) is 0.613. The SMILES string of the molecule is CCCC(=O)C1(C2CCCCC2)CCN(C(=O)C(Cc2ccc(OC)cc2)NC(=S)NCCc2cnc[nH]2)CC1. The third kappa shape index (κ3) is 7.62. The molecule has 1 atom stereocenters. The van der Waals surface area contributed by atoms with Gasteiger partial charge in [0.2, 0.25) is 5.91 Å². The van der Waals surface area contributed by atoms with Crippen molar-refractivity contribution in [2.24, 2.45) is 11.3 Å². The number of piperidine rings is 1. The Morgan fingerprint density at radius 1 is 1.18 bits per heavy atom. The van der Waals surface area contributed by atoms with Gasteiger partial charge in [-0.15, -0.1) is 0 Å². The molecule has 1 saturated carbocycles. The average Bonchev–Trinajstić information content (AvgIpc) is 3.51. The number of nitrogens with zero attached hydrogens (tertiary/aromatic N) is 2. The number of imidazole rings is 1. The molecule has 1 aliphatic carbocycles. The van der Waals surface area contributed by atoms with Crippen molar-refractivity contribution in [3.05, 3.63) is 48.0 Å². The zero-order valence-electron chi connectivity index (χ0n) is 24.0. The summed E-state index contributed by atoms with van der Waals surface area (Å²) in [5.41, 5.74) is 1.78. The maximum atomic E-state index is 14.0. The minimum atomic E-state index is -0.505. The third-order valence-corrected chi connectivity index (χ3v) is 9.09. The van der Waals surface area contributed by atoms with E-state index < -0.39 is 6.04 Å². The van der Waals surface area contributed by atoms with Gasteiger partial charge in [-0.2, -0.15) is 0 Å². The van der Waals surface area contributed by atoms with Crippen molar-refractivity contribution < 1.29 is 14.3 Å². The average molecular weight is 568 g/mol. The Bertz CT molecular complexity index is 1090. The summed E-state index contributed by atoms with van der Waals surface area (Å²) in [7, 11) is 1.64. The molecule has 2 heterocycles. The van der Waals surface area contributed by atoms with Gasteiger partial charge in [0.1, 0.15) is 17.6 Å². The molecule has 2 fully saturated rings. The lowest BCUT2D eigenvalue weighted by Gasteiger charge is -2.47. The number of likely N-dealkylation sites (tertiary alicyclic amines) is 1. The summed E-state index contributed by atoms with van der Waals surface area (Å²) in [6.07, 6.45) is 13.8. The number of amides is 1. The number of carbonyl (C=O) groups excluding carboxylic acids is 2. The minimum absolute atomic E-state index is 0.0359. The van der Waals surface area contributed by atoms with Gasteiger partial charge in [0, 0.05) is 56.2 Å². The van der Waals surface area contributed by atoms with Gasteiger partial charge >= 0.3 is 0 Å². The molecule has 218 valence electrons. The smallest absolute Gasteiger partial charge is 0.245 e. The predicted molar refractivity (Wildman–Crippen MR) is 161 cm³/mol. The molecular weight excluding hydrogens is 522 g/mol. The molecule has 2 aliphatic rings. The lowest BCUT2D eigenvalue weighted by Crippen LogP contribution is -2.56. The molecule has 1 aromatic carbocycles. The first-order valence-electron chi connectivity index (χ1n) is 14.9. The van der Waals surface area contributed by atoms with Crippen LogP contribution in [0, 0.1) is 11.3 Å². The van der Waals surface area contributed by atoms with E-state index in [1.165, 1.54) is 19.3 Å². The highest BCUT2D eigenvalue weighted by molar-refractivity contribution is 7.80. The number of thiocarbonyl (C=S) groups is 1. The summed E-state index contributed by atoms with van der Waals surface area (Å²) in [5.74, 6) is 1.69. The highest BCUT2D eigenvalue weighted by Gasteiger charge is 2.47. The van der Waals surface area contributed by atoms with E-state index in [1.54, 1.807) is 19.6 Å². The van der Waals surface area contributed by atoms with E-state index >= 15 is 0 Å². The van der Waals surface area contributed by atoms with Gasteiger partial charge in [-0.25, -0.2) is 4.98 Å². The van der Waals surface area contributed by atoms with Crippen LogP contribution in [-0.4, -0.2) is 64.5 Å². The first-order chi connectivity index (χ1) is 19.4. The maximum absolute atomic E-state index is 14.0. The molecule has 0 spiro atoms. The minimum Gasteiger partial charge on any atom is -0.497 e. The summed E-state index contributed by atoms with van der Waals surface area (Å²) in [6.45, 7) is 3.95. The quantitative estimate of drug-likeness (QED) is 0.323. The number of ether oxygens (including phenoxy) is 1. The topological polar surface area (TPSA) is 99.3 Å². The molecule has 40 heavy (non-hydrogen) atoms. The number of hydrogen-bond acceptors (Lipinski definition) is 5. The van der Waals surface area contributed by atoms with Gasteiger partial charge < -0.3 is 25.3 Å². The number of ketones is 1. The lowest BCUT2D eigenvalue weighted by atomic mass is 9.61. The number of Topliss-reactive ketones (excluding diaryl/α,β-unsaturated/α-hetero) is 1. The van der Waals surface area contributed by atoms with Crippen LogP contribution in [0.2, 0.25) is 0 Å². The highest BCUT2D eigenvalue weighted by atomic mass is 32.1. The lowest BCUT2D eigenvalue weighted by molar-refractivity contribution is -0.144.